The number of ether oxygens (including phenoxy) is 1. The van der Waals surface area contributed by atoms with Gasteiger partial charge in [-0.2, -0.15) is 4.98 Å². The second-order valence-corrected chi connectivity index (χ2v) is 5.88. The molecule has 0 aliphatic heterocycles. The number of halogens is 2. The SMILES string of the molecule is CCOCCNc1nc2nccc(/C(=N/O)Nc3ccc(F)c(Cl)c3)c2[nH]1. The summed E-state index contributed by atoms with van der Waals surface area (Å²) in [6.45, 7) is 3.69. The lowest BCUT2D eigenvalue weighted by Gasteiger charge is -2.09. The van der Waals surface area contributed by atoms with E-state index in [-0.39, 0.29) is 10.9 Å². The zero-order valence-electron chi connectivity index (χ0n) is 14.5. The van der Waals surface area contributed by atoms with Crippen LogP contribution >= 0.6 is 11.6 Å². The van der Waals surface area contributed by atoms with Crippen molar-refractivity contribution in [2.75, 3.05) is 30.4 Å². The molecule has 10 heteroatoms. The molecule has 27 heavy (non-hydrogen) atoms. The van der Waals surface area contributed by atoms with E-state index in [4.69, 9.17) is 16.3 Å². The van der Waals surface area contributed by atoms with Gasteiger partial charge in [0.2, 0.25) is 5.95 Å². The van der Waals surface area contributed by atoms with Gasteiger partial charge in [-0.1, -0.05) is 16.8 Å². The number of anilines is 2. The van der Waals surface area contributed by atoms with Crippen LogP contribution in [-0.4, -0.2) is 45.8 Å². The molecule has 4 N–H and O–H groups in total. The van der Waals surface area contributed by atoms with Crippen LogP contribution in [0.1, 0.15) is 12.5 Å². The first kappa shape index (κ1) is 18.9. The summed E-state index contributed by atoms with van der Waals surface area (Å²) in [5.74, 6) is 0.119. The topological polar surface area (TPSA) is 107 Å². The smallest absolute Gasteiger partial charge is 0.202 e. The Kier molecular flexibility index (Phi) is 6.05. The minimum Gasteiger partial charge on any atom is -0.409 e. The predicted octanol–water partition coefficient (Wildman–Crippen LogP) is 3.45. The molecule has 0 aliphatic carbocycles. The second-order valence-electron chi connectivity index (χ2n) is 5.47. The van der Waals surface area contributed by atoms with Crippen molar-refractivity contribution < 1.29 is 14.3 Å². The van der Waals surface area contributed by atoms with Gasteiger partial charge in [0.15, 0.2) is 11.5 Å². The molecule has 2 aromatic heterocycles. The van der Waals surface area contributed by atoms with Crippen LogP contribution in [0.3, 0.4) is 0 Å². The zero-order chi connectivity index (χ0) is 19.2. The van der Waals surface area contributed by atoms with Crippen molar-refractivity contribution in [2.24, 2.45) is 5.16 Å². The largest absolute Gasteiger partial charge is 0.409 e. The fraction of sp³-hybridized carbons (Fsp3) is 0.235. The van der Waals surface area contributed by atoms with Gasteiger partial charge >= 0.3 is 0 Å². The maximum absolute atomic E-state index is 13.3. The lowest BCUT2D eigenvalue weighted by atomic mass is 10.2. The molecule has 0 spiro atoms. The molecule has 0 fully saturated rings. The Morgan fingerprint density at radius 1 is 1.41 bits per heavy atom. The first-order valence-corrected chi connectivity index (χ1v) is 8.61. The van der Waals surface area contributed by atoms with Crippen LogP contribution in [0.2, 0.25) is 5.02 Å². The Morgan fingerprint density at radius 2 is 2.26 bits per heavy atom. The zero-order valence-corrected chi connectivity index (χ0v) is 15.2. The van der Waals surface area contributed by atoms with Gasteiger partial charge < -0.3 is 25.6 Å². The molecule has 3 rings (SSSR count). The number of aromatic amines is 1. The number of nitrogens with zero attached hydrogens (tertiary/aromatic N) is 3. The summed E-state index contributed by atoms with van der Waals surface area (Å²) in [7, 11) is 0. The molecular formula is C17H18ClFN6O2. The summed E-state index contributed by atoms with van der Waals surface area (Å²) >= 11 is 5.79. The van der Waals surface area contributed by atoms with E-state index in [0.717, 1.165) is 0 Å². The molecule has 0 unspecified atom stereocenters. The Morgan fingerprint density at radius 3 is 3.00 bits per heavy atom. The van der Waals surface area contributed by atoms with Crippen LogP contribution in [0.15, 0.2) is 35.6 Å². The Balaban J connectivity index is 1.85. The number of hydrogen-bond donors (Lipinski definition) is 4. The van der Waals surface area contributed by atoms with E-state index in [1.54, 1.807) is 12.3 Å². The highest BCUT2D eigenvalue weighted by Gasteiger charge is 2.14. The summed E-state index contributed by atoms with van der Waals surface area (Å²) in [4.78, 5) is 11.7. The molecule has 0 saturated heterocycles. The fourth-order valence-corrected chi connectivity index (χ4v) is 2.62. The third-order valence-corrected chi connectivity index (χ3v) is 3.96. The Labute approximate surface area is 159 Å². The van der Waals surface area contributed by atoms with Crippen LogP contribution in [0, 0.1) is 5.82 Å². The molecule has 8 nitrogen and oxygen atoms in total. The van der Waals surface area contributed by atoms with Crippen molar-refractivity contribution in [2.45, 2.75) is 6.92 Å². The molecule has 0 saturated carbocycles. The molecule has 3 aromatic rings. The van der Waals surface area contributed by atoms with Crippen LogP contribution < -0.4 is 10.6 Å². The van der Waals surface area contributed by atoms with Crippen LogP contribution in [0.25, 0.3) is 11.2 Å². The highest BCUT2D eigenvalue weighted by Crippen LogP contribution is 2.22. The van der Waals surface area contributed by atoms with Gasteiger partial charge in [0.25, 0.3) is 0 Å². The highest BCUT2D eigenvalue weighted by molar-refractivity contribution is 6.31. The van der Waals surface area contributed by atoms with Gasteiger partial charge in [-0.3, -0.25) is 0 Å². The number of aromatic nitrogens is 3. The summed E-state index contributed by atoms with van der Waals surface area (Å²) in [5.41, 5.74) is 2.03. The van der Waals surface area contributed by atoms with Crippen LogP contribution in [-0.2, 0) is 4.74 Å². The van der Waals surface area contributed by atoms with E-state index < -0.39 is 5.82 Å². The molecule has 0 radical (unpaired) electrons. The minimum absolute atomic E-state index is 0.0421. The number of oxime groups is 1. The van der Waals surface area contributed by atoms with Crippen molar-refractivity contribution in [3.05, 3.63) is 46.9 Å². The maximum Gasteiger partial charge on any atom is 0.202 e. The molecule has 1 aromatic carbocycles. The molecular weight excluding hydrogens is 375 g/mol. The third kappa shape index (κ3) is 4.44. The molecule has 142 valence electrons. The first-order chi connectivity index (χ1) is 13.1. The monoisotopic (exact) mass is 392 g/mol. The summed E-state index contributed by atoms with van der Waals surface area (Å²) in [6, 6.07) is 5.77. The van der Waals surface area contributed by atoms with E-state index in [2.05, 4.69) is 30.7 Å². The lowest BCUT2D eigenvalue weighted by Crippen LogP contribution is -2.14. The number of rotatable bonds is 7. The predicted molar refractivity (Wildman–Crippen MR) is 102 cm³/mol. The van der Waals surface area contributed by atoms with E-state index in [1.165, 1.54) is 18.2 Å². The number of fused-ring (bicyclic) bond motifs is 1. The highest BCUT2D eigenvalue weighted by atomic mass is 35.5. The number of H-pyrrole nitrogens is 1. The van der Waals surface area contributed by atoms with E-state index in [1.807, 2.05) is 6.92 Å². The van der Waals surface area contributed by atoms with Gasteiger partial charge in [0.1, 0.15) is 5.82 Å². The van der Waals surface area contributed by atoms with Crippen molar-refractivity contribution in [3.63, 3.8) is 0 Å². The van der Waals surface area contributed by atoms with Crippen molar-refractivity contribution in [1.82, 2.24) is 15.0 Å². The number of pyridine rings is 1. The molecule has 0 bridgehead atoms. The number of nitrogens with one attached hydrogen (secondary N) is 3. The van der Waals surface area contributed by atoms with E-state index in [9.17, 15) is 9.60 Å². The molecule has 2 heterocycles. The number of imidazole rings is 1. The van der Waals surface area contributed by atoms with Gasteiger partial charge in [0.05, 0.1) is 17.1 Å². The molecule has 0 atom stereocenters. The van der Waals surface area contributed by atoms with Crippen molar-refractivity contribution in [1.29, 1.82) is 0 Å². The minimum atomic E-state index is -0.535. The Bertz CT molecular complexity index is 962. The number of amidine groups is 1. The van der Waals surface area contributed by atoms with Gasteiger partial charge in [-0.25, -0.2) is 9.37 Å². The quantitative estimate of drug-likeness (QED) is 0.161. The summed E-state index contributed by atoms with van der Waals surface area (Å²) in [5, 5.41) is 18.7. The van der Waals surface area contributed by atoms with E-state index >= 15 is 0 Å². The number of benzene rings is 1. The summed E-state index contributed by atoms with van der Waals surface area (Å²) in [6.07, 6.45) is 1.55. The van der Waals surface area contributed by atoms with Gasteiger partial charge in [-0.15, -0.1) is 0 Å². The average molecular weight is 393 g/mol. The normalized spacial score (nSPS) is 11.7. The second kappa shape index (κ2) is 8.65. The van der Waals surface area contributed by atoms with Crippen molar-refractivity contribution in [3.8, 4) is 0 Å². The maximum atomic E-state index is 13.3. The number of hydrogen-bond acceptors (Lipinski definition) is 6. The third-order valence-electron chi connectivity index (χ3n) is 3.67. The first-order valence-electron chi connectivity index (χ1n) is 8.23. The van der Waals surface area contributed by atoms with Crippen LogP contribution in [0.5, 0.6) is 0 Å². The van der Waals surface area contributed by atoms with Crippen LogP contribution in [0.4, 0.5) is 16.0 Å². The van der Waals surface area contributed by atoms with Gasteiger partial charge in [-0.05, 0) is 31.2 Å². The molecule has 0 aliphatic rings. The summed E-state index contributed by atoms with van der Waals surface area (Å²) < 4.78 is 18.6. The van der Waals surface area contributed by atoms with Crippen molar-refractivity contribution >= 4 is 40.2 Å². The standard InChI is InChI=1S/C17H18ClFN6O2/c1-2-27-8-7-21-17-23-14-11(5-6-20-16(14)24-17)15(25-26)22-10-3-4-13(19)12(18)9-10/h3-6,9,26H,2,7-8H2,1H3,(H,22,25)(H2,20,21,23,24). The lowest BCUT2D eigenvalue weighted by molar-refractivity contribution is 0.158. The average Bonchev–Trinajstić information content (AvgIpc) is 3.09. The fourth-order valence-electron chi connectivity index (χ4n) is 2.43. The molecule has 0 amide bonds. The Hall–Kier alpha value is -2.91. The van der Waals surface area contributed by atoms with E-state index in [0.29, 0.717) is 48.1 Å². The van der Waals surface area contributed by atoms with Gasteiger partial charge in [0, 0.05) is 30.6 Å².